The first-order chi connectivity index (χ1) is 11.8. The standard InChI is InChI=1S/C21H33BrN2/c1-2-3-4-5-6-7-8-9-10-11-12-13-14-20-18-24-17-19(22)15-16-21(24)23-20/h15-18H,2-14H2,1H3. The van der Waals surface area contributed by atoms with Crippen molar-refractivity contribution in [3.05, 3.63) is 34.7 Å². The minimum absolute atomic E-state index is 1.05. The number of nitrogens with zero attached hydrogens (tertiary/aromatic N) is 2. The molecule has 0 fully saturated rings. The van der Waals surface area contributed by atoms with Crippen LogP contribution in [0.5, 0.6) is 0 Å². The number of imidazole rings is 1. The second kappa shape index (κ2) is 11.7. The molecule has 0 amide bonds. The Kier molecular flexibility index (Phi) is 9.48. The van der Waals surface area contributed by atoms with Gasteiger partial charge in [-0.2, -0.15) is 0 Å². The first kappa shape index (κ1) is 19.5. The number of hydrogen-bond donors (Lipinski definition) is 0. The van der Waals surface area contributed by atoms with E-state index >= 15 is 0 Å². The molecule has 3 heteroatoms. The van der Waals surface area contributed by atoms with E-state index in [0.29, 0.717) is 0 Å². The smallest absolute Gasteiger partial charge is 0.137 e. The van der Waals surface area contributed by atoms with E-state index in [-0.39, 0.29) is 0 Å². The van der Waals surface area contributed by atoms with Crippen LogP contribution in [0.25, 0.3) is 5.65 Å². The first-order valence-corrected chi connectivity index (χ1v) is 10.7. The lowest BCUT2D eigenvalue weighted by molar-refractivity contribution is 0.543. The lowest BCUT2D eigenvalue weighted by Crippen LogP contribution is -1.86. The van der Waals surface area contributed by atoms with Crippen LogP contribution in [0.15, 0.2) is 29.0 Å². The topological polar surface area (TPSA) is 17.3 Å². The number of rotatable bonds is 13. The average Bonchev–Trinajstić information content (AvgIpc) is 2.97. The summed E-state index contributed by atoms with van der Waals surface area (Å²) in [5.74, 6) is 0. The van der Waals surface area contributed by atoms with Gasteiger partial charge in [0.25, 0.3) is 0 Å². The van der Waals surface area contributed by atoms with Gasteiger partial charge in [0.15, 0.2) is 0 Å². The minimum atomic E-state index is 1.05. The Labute approximate surface area is 156 Å². The molecule has 0 aromatic carbocycles. The second-order valence-corrected chi connectivity index (χ2v) is 7.90. The molecule has 0 saturated heterocycles. The van der Waals surface area contributed by atoms with Crippen molar-refractivity contribution >= 4 is 21.6 Å². The van der Waals surface area contributed by atoms with Crippen molar-refractivity contribution in [2.24, 2.45) is 0 Å². The molecule has 0 spiro atoms. The molecular weight excluding hydrogens is 360 g/mol. The maximum Gasteiger partial charge on any atom is 0.137 e. The van der Waals surface area contributed by atoms with Gasteiger partial charge >= 0.3 is 0 Å². The summed E-state index contributed by atoms with van der Waals surface area (Å²) in [6, 6.07) is 4.12. The first-order valence-electron chi connectivity index (χ1n) is 9.92. The largest absolute Gasteiger partial charge is 0.306 e. The van der Waals surface area contributed by atoms with Crippen molar-refractivity contribution < 1.29 is 0 Å². The lowest BCUT2D eigenvalue weighted by Gasteiger charge is -2.02. The van der Waals surface area contributed by atoms with E-state index in [1.165, 1.54) is 82.7 Å². The summed E-state index contributed by atoms with van der Waals surface area (Å²) in [7, 11) is 0. The molecule has 134 valence electrons. The molecule has 0 aliphatic heterocycles. The van der Waals surface area contributed by atoms with Crippen LogP contribution in [0.1, 0.15) is 89.7 Å². The van der Waals surface area contributed by atoms with E-state index in [1.54, 1.807) is 0 Å². The average molecular weight is 393 g/mol. The number of fused-ring (bicyclic) bond motifs is 1. The number of aryl methyl sites for hydroxylation is 1. The SMILES string of the molecule is CCCCCCCCCCCCCCc1cn2cc(Br)ccc2n1. The Balaban J connectivity index is 1.46. The Bertz CT molecular complexity index is 576. The van der Waals surface area contributed by atoms with Gasteiger partial charge in [0.05, 0.1) is 5.69 Å². The molecule has 0 saturated carbocycles. The van der Waals surface area contributed by atoms with Gasteiger partial charge in [0.1, 0.15) is 5.65 Å². The molecule has 0 N–H and O–H groups in total. The van der Waals surface area contributed by atoms with Crippen LogP contribution in [-0.2, 0) is 6.42 Å². The van der Waals surface area contributed by atoms with Crippen LogP contribution in [-0.4, -0.2) is 9.38 Å². The molecular formula is C21H33BrN2. The highest BCUT2D eigenvalue weighted by Crippen LogP contribution is 2.15. The van der Waals surface area contributed by atoms with Gasteiger partial charge in [-0.1, -0.05) is 77.6 Å². The van der Waals surface area contributed by atoms with Gasteiger partial charge in [-0.15, -0.1) is 0 Å². The van der Waals surface area contributed by atoms with Crippen molar-refractivity contribution in [2.75, 3.05) is 0 Å². The molecule has 24 heavy (non-hydrogen) atoms. The summed E-state index contributed by atoms with van der Waals surface area (Å²) in [4.78, 5) is 4.68. The maximum atomic E-state index is 4.68. The number of aromatic nitrogens is 2. The Morgan fingerprint density at radius 2 is 1.38 bits per heavy atom. The number of halogens is 1. The zero-order valence-electron chi connectivity index (χ0n) is 15.3. The molecule has 0 aliphatic carbocycles. The zero-order valence-corrected chi connectivity index (χ0v) is 16.9. The van der Waals surface area contributed by atoms with E-state index in [9.17, 15) is 0 Å². The zero-order chi connectivity index (χ0) is 17.0. The minimum Gasteiger partial charge on any atom is -0.306 e. The van der Waals surface area contributed by atoms with E-state index in [4.69, 9.17) is 0 Å². The Morgan fingerprint density at radius 3 is 2.00 bits per heavy atom. The predicted octanol–water partition coefficient (Wildman–Crippen LogP) is 7.34. The molecule has 2 aromatic rings. The molecule has 0 atom stereocenters. The van der Waals surface area contributed by atoms with E-state index in [2.05, 4.69) is 56.8 Å². The molecule has 0 aliphatic rings. The fourth-order valence-electron chi connectivity index (χ4n) is 3.28. The molecule has 0 bridgehead atoms. The predicted molar refractivity (Wildman–Crippen MR) is 108 cm³/mol. The van der Waals surface area contributed by atoms with Gasteiger partial charge in [-0.25, -0.2) is 4.98 Å². The van der Waals surface area contributed by atoms with Crippen molar-refractivity contribution in [1.29, 1.82) is 0 Å². The van der Waals surface area contributed by atoms with Crippen molar-refractivity contribution in [3.8, 4) is 0 Å². The van der Waals surface area contributed by atoms with E-state index in [1.807, 2.05) is 0 Å². The third kappa shape index (κ3) is 7.38. The molecule has 0 unspecified atom stereocenters. The summed E-state index contributed by atoms with van der Waals surface area (Å²) in [6.45, 7) is 2.29. The number of pyridine rings is 1. The third-order valence-corrected chi connectivity index (χ3v) is 5.22. The highest BCUT2D eigenvalue weighted by atomic mass is 79.9. The number of unbranched alkanes of at least 4 members (excludes halogenated alkanes) is 11. The van der Waals surface area contributed by atoms with E-state index in [0.717, 1.165) is 16.5 Å². The summed E-state index contributed by atoms with van der Waals surface area (Å²) < 4.78 is 3.21. The van der Waals surface area contributed by atoms with Crippen molar-refractivity contribution in [1.82, 2.24) is 9.38 Å². The Hall–Kier alpha value is -0.830. The fraction of sp³-hybridized carbons (Fsp3) is 0.667. The van der Waals surface area contributed by atoms with E-state index < -0.39 is 0 Å². The summed E-state index contributed by atoms with van der Waals surface area (Å²) in [5, 5.41) is 0. The van der Waals surface area contributed by atoms with Crippen LogP contribution in [0.4, 0.5) is 0 Å². The Morgan fingerprint density at radius 1 is 0.792 bits per heavy atom. The monoisotopic (exact) mass is 392 g/mol. The van der Waals surface area contributed by atoms with Crippen LogP contribution >= 0.6 is 15.9 Å². The normalized spacial score (nSPS) is 11.4. The van der Waals surface area contributed by atoms with Crippen LogP contribution in [0.2, 0.25) is 0 Å². The molecule has 2 heterocycles. The quantitative estimate of drug-likeness (QED) is 0.325. The molecule has 2 aromatic heterocycles. The lowest BCUT2D eigenvalue weighted by atomic mass is 10.0. The van der Waals surface area contributed by atoms with Crippen LogP contribution in [0.3, 0.4) is 0 Å². The second-order valence-electron chi connectivity index (χ2n) is 6.98. The van der Waals surface area contributed by atoms with Crippen molar-refractivity contribution in [2.45, 2.75) is 90.4 Å². The highest BCUT2D eigenvalue weighted by molar-refractivity contribution is 9.10. The molecule has 2 rings (SSSR count). The van der Waals surface area contributed by atoms with Crippen molar-refractivity contribution in [3.63, 3.8) is 0 Å². The van der Waals surface area contributed by atoms with Gasteiger partial charge in [-0.05, 0) is 40.9 Å². The number of hydrogen-bond acceptors (Lipinski definition) is 1. The van der Waals surface area contributed by atoms with Gasteiger partial charge in [0.2, 0.25) is 0 Å². The molecule has 2 nitrogen and oxygen atoms in total. The van der Waals surface area contributed by atoms with Gasteiger partial charge in [-0.3, -0.25) is 0 Å². The summed E-state index contributed by atoms with van der Waals surface area (Å²) in [6.07, 6.45) is 22.2. The molecule has 0 radical (unpaired) electrons. The third-order valence-electron chi connectivity index (χ3n) is 4.75. The van der Waals surface area contributed by atoms with Gasteiger partial charge in [0, 0.05) is 16.9 Å². The maximum absolute atomic E-state index is 4.68. The fourth-order valence-corrected chi connectivity index (χ4v) is 3.64. The van der Waals surface area contributed by atoms with Crippen LogP contribution < -0.4 is 0 Å². The summed E-state index contributed by atoms with van der Waals surface area (Å²) >= 11 is 3.51. The summed E-state index contributed by atoms with van der Waals surface area (Å²) in [5.41, 5.74) is 2.27. The van der Waals surface area contributed by atoms with Gasteiger partial charge < -0.3 is 4.40 Å². The van der Waals surface area contributed by atoms with Crippen LogP contribution in [0, 0.1) is 0 Å². The highest BCUT2D eigenvalue weighted by Gasteiger charge is 2.02.